The Morgan fingerprint density at radius 1 is 0.661 bits per heavy atom. The van der Waals surface area contributed by atoms with Crippen molar-refractivity contribution >= 4 is 11.9 Å². The predicted octanol–water partition coefficient (Wildman–Crippen LogP) is 4.40. The summed E-state index contributed by atoms with van der Waals surface area (Å²) in [5.41, 5.74) is 5.59. The van der Waals surface area contributed by atoms with Gasteiger partial charge < -0.3 is 20.3 Å². The van der Waals surface area contributed by atoms with Crippen LogP contribution >= 0.6 is 0 Å². The molecule has 1 amide bonds. The van der Waals surface area contributed by atoms with E-state index in [0.29, 0.717) is 22.5 Å². The van der Waals surface area contributed by atoms with Gasteiger partial charge in [-0.15, -0.1) is 0 Å². The molecule has 292 valence electrons. The molecule has 22 heteroatoms. The summed E-state index contributed by atoms with van der Waals surface area (Å²) in [7, 11) is 0. The van der Waals surface area contributed by atoms with Gasteiger partial charge in [-0.25, -0.2) is 14.4 Å². The number of aromatic amines is 2. The van der Waals surface area contributed by atoms with Crippen molar-refractivity contribution in [3.05, 3.63) is 128 Å². The van der Waals surface area contributed by atoms with E-state index in [0.717, 1.165) is 24.3 Å². The molecule has 16 nitrogen and oxygen atoms in total. The fourth-order valence-electron chi connectivity index (χ4n) is 4.96. The van der Waals surface area contributed by atoms with Gasteiger partial charge in [-0.2, -0.15) is 26.3 Å². The maximum atomic E-state index is 12.7. The van der Waals surface area contributed by atoms with Crippen LogP contribution in [0, 0.1) is 0 Å². The van der Waals surface area contributed by atoms with Gasteiger partial charge in [-0.1, -0.05) is 34.6 Å². The average molecular weight is 790 g/mol. The molecule has 5 N–H and O–H groups in total. The Bertz CT molecular complexity index is 2250. The van der Waals surface area contributed by atoms with E-state index in [9.17, 15) is 45.5 Å². The maximum absolute atomic E-state index is 12.7. The zero-order valence-electron chi connectivity index (χ0n) is 28.1. The molecule has 0 aliphatic carbocycles. The van der Waals surface area contributed by atoms with Gasteiger partial charge in [0.2, 0.25) is 0 Å². The van der Waals surface area contributed by atoms with Gasteiger partial charge in [0.1, 0.15) is 11.5 Å². The second-order valence-electron chi connectivity index (χ2n) is 11.3. The highest BCUT2D eigenvalue weighted by Gasteiger charge is 2.31. The van der Waals surface area contributed by atoms with E-state index in [-0.39, 0.29) is 47.1 Å². The van der Waals surface area contributed by atoms with Gasteiger partial charge in [0.15, 0.2) is 24.9 Å². The molecule has 4 aromatic heterocycles. The van der Waals surface area contributed by atoms with Crippen molar-refractivity contribution in [2.75, 3.05) is 13.2 Å². The molecule has 6 aromatic rings. The number of hydrogen-bond donors (Lipinski definition) is 4. The van der Waals surface area contributed by atoms with Crippen molar-refractivity contribution in [3.63, 3.8) is 0 Å². The fourth-order valence-corrected chi connectivity index (χ4v) is 4.96. The van der Waals surface area contributed by atoms with Gasteiger partial charge in [-0.05, 0) is 47.5 Å². The minimum Gasteiger partial charge on any atom is -0.483 e. The van der Waals surface area contributed by atoms with Crippen LogP contribution in [0.2, 0.25) is 0 Å². The normalized spacial score (nSPS) is 11.4. The van der Waals surface area contributed by atoms with Crippen LogP contribution < -0.4 is 26.7 Å². The molecule has 0 unspecified atom stereocenters. The number of carboxylic acids is 1. The lowest BCUT2D eigenvalue weighted by Crippen LogP contribution is -2.20. The second kappa shape index (κ2) is 16.8. The van der Waals surface area contributed by atoms with Gasteiger partial charge in [0.25, 0.3) is 5.91 Å². The molecule has 0 radical (unpaired) electrons. The average Bonchev–Trinajstić information content (AvgIpc) is 3.77. The zero-order chi connectivity index (χ0) is 40.6. The number of primary amides is 1. The molecule has 0 atom stereocenters. The number of halogens is 6. The van der Waals surface area contributed by atoms with Crippen LogP contribution in [0.4, 0.5) is 26.3 Å². The number of aromatic nitrogens is 6. The van der Waals surface area contributed by atoms with E-state index < -0.39 is 60.1 Å². The molecule has 0 bridgehead atoms. The van der Waals surface area contributed by atoms with Gasteiger partial charge in [-0.3, -0.25) is 33.8 Å². The number of ether oxygens (including phenoxy) is 2. The minimum absolute atomic E-state index is 0.000480. The predicted molar refractivity (Wildman–Crippen MR) is 177 cm³/mol. The number of alkyl halides is 6. The quantitative estimate of drug-likeness (QED) is 0.126. The summed E-state index contributed by atoms with van der Waals surface area (Å²) in [6, 6.07) is 11.8. The standard InChI is InChI=1S/C17H13F3N4O4.C17H12F3N3O5/c18-17(19,20)10-3-1-9(2-4-10)7-11-14(15-23-16(26)28-24-15)12(5-6-22-11)27-8-13(21)25;18-17(19,20)10-3-1-9(2-4-10)7-11-14(15-22-16(26)28-23-15)12(5-6-21-11)27-8-13(24)25/h1-6H,7-8H2,(H2,21,25)(H,23,24,26);1-6H,7-8H2,(H,24,25)(H,22,23,26). The third-order valence-corrected chi connectivity index (χ3v) is 7.36. The summed E-state index contributed by atoms with van der Waals surface area (Å²) in [5.74, 6) is -3.42. The Labute approximate surface area is 307 Å². The highest BCUT2D eigenvalue weighted by atomic mass is 19.4. The maximum Gasteiger partial charge on any atom is 0.439 e. The Morgan fingerprint density at radius 3 is 1.38 bits per heavy atom. The summed E-state index contributed by atoms with van der Waals surface area (Å²) >= 11 is 0. The van der Waals surface area contributed by atoms with Crippen LogP contribution in [0.25, 0.3) is 22.8 Å². The number of nitrogens with two attached hydrogens (primary N) is 1. The summed E-state index contributed by atoms with van der Waals surface area (Å²) in [4.78, 5) is 57.5. The van der Waals surface area contributed by atoms with Crippen molar-refractivity contribution < 1.29 is 59.6 Å². The monoisotopic (exact) mass is 789 g/mol. The number of carboxylic acid groups (broad SMARTS) is 1. The molecule has 56 heavy (non-hydrogen) atoms. The van der Waals surface area contributed by atoms with Crippen molar-refractivity contribution in [3.8, 4) is 34.3 Å². The Balaban J connectivity index is 0.000000214. The van der Waals surface area contributed by atoms with Crippen molar-refractivity contribution in [1.82, 2.24) is 30.2 Å². The Hall–Kier alpha value is -7.26. The fraction of sp³-hybridized carbons (Fsp3) is 0.176. The lowest BCUT2D eigenvalue weighted by atomic mass is 10.0. The SMILES string of the molecule is NC(=O)COc1ccnc(Cc2ccc(C(F)(F)F)cc2)c1-c1noc(=O)[nH]1.O=C(O)COc1ccnc(Cc2ccc(C(F)(F)F)cc2)c1-c1noc(=O)[nH]1. The Kier molecular flexibility index (Phi) is 12.0. The first-order chi connectivity index (χ1) is 26.5. The second-order valence-corrected chi connectivity index (χ2v) is 11.3. The Morgan fingerprint density at radius 2 is 1.05 bits per heavy atom. The molecular formula is C34H25F6N7O9. The molecule has 2 aromatic carbocycles. The van der Waals surface area contributed by atoms with Crippen molar-refractivity contribution in [1.29, 1.82) is 0 Å². The summed E-state index contributed by atoms with van der Waals surface area (Å²) < 4.78 is 95.8. The number of nitrogens with zero attached hydrogens (tertiary/aromatic N) is 4. The number of rotatable bonds is 12. The molecule has 0 saturated heterocycles. The molecule has 4 heterocycles. The molecule has 0 aliphatic heterocycles. The van der Waals surface area contributed by atoms with E-state index in [1.165, 1.54) is 48.8 Å². The van der Waals surface area contributed by atoms with Crippen LogP contribution in [-0.4, -0.2) is 60.4 Å². The van der Waals surface area contributed by atoms with E-state index >= 15 is 0 Å². The van der Waals surface area contributed by atoms with Gasteiger partial charge in [0, 0.05) is 25.2 Å². The third-order valence-electron chi connectivity index (χ3n) is 7.36. The smallest absolute Gasteiger partial charge is 0.439 e. The lowest BCUT2D eigenvalue weighted by Gasteiger charge is -2.13. The number of nitrogens with one attached hydrogen (secondary N) is 2. The lowest BCUT2D eigenvalue weighted by molar-refractivity contribution is -0.139. The summed E-state index contributed by atoms with van der Waals surface area (Å²) in [6.45, 7) is -1.09. The number of aliphatic carboxylic acids is 1. The van der Waals surface area contributed by atoms with Crippen LogP contribution in [-0.2, 0) is 34.8 Å². The summed E-state index contributed by atoms with van der Waals surface area (Å²) in [5, 5.41) is 16.0. The molecular weight excluding hydrogens is 764 g/mol. The first kappa shape index (κ1) is 39.9. The highest BCUT2D eigenvalue weighted by Crippen LogP contribution is 2.34. The van der Waals surface area contributed by atoms with Crippen LogP contribution in [0.3, 0.4) is 0 Å². The molecule has 0 spiro atoms. The number of carbonyl (C=O) groups excluding carboxylic acids is 1. The number of hydrogen-bond acceptors (Lipinski definition) is 12. The number of H-pyrrole nitrogens is 2. The van der Waals surface area contributed by atoms with E-state index in [1.807, 2.05) is 0 Å². The van der Waals surface area contributed by atoms with E-state index in [2.05, 4.69) is 39.3 Å². The van der Waals surface area contributed by atoms with Crippen LogP contribution in [0.1, 0.15) is 33.6 Å². The number of pyridine rings is 2. The first-order valence-electron chi connectivity index (χ1n) is 15.6. The van der Waals surface area contributed by atoms with E-state index in [1.54, 1.807) is 0 Å². The van der Waals surface area contributed by atoms with Gasteiger partial charge >= 0.3 is 29.8 Å². The number of carbonyl (C=O) groups is 2. The first-order valence-corrected chi connectivity index (χ1v) is 15.6. The van der Waals surface area contributed by atoms with Crippen LogP contribution in [0.15, 0.2) is 91.7 Å². The van der Waals surface area contributed by atoms with Gasteiger partial charge in [0.05, 0.1) is 33.6 Å². The largest absolute Gasteiger partial charge is 0.483 e. The summed E-state index contributed by atoms with van der Waals surface area (Å²) in [6.07, 6.45) is -5.98. The molecule has 0 saturated carbocycles. The number of benzene rings is 2. The molecule has 0 aliphatic rings. The van der Waals surface area contributed by atoms with E-state index in [4.69, 9.17) is 20.3 Å². The van der Waals surface area contributed by atoms with Crippen molar-refractivity contribution in [2.45, 2.75) is 25.2 Å². The molecule has 0 fully saturated rings. The molecule has 6 rings (SSSR count). The number of amides is 1. The topological polar surface area (TPSA) is 242 Å². The zero-order valence-corrected chi connectivity index (χ0v) is 28.1. The minimum atomic E-state index is -4.45. The highest BCUT2D eigenvalue weighted by molar-refractivity contribution is 5.76. The van der Waals surface area contributed by atoms with Crippen molar-refractivity contribution in [2.24, 2.45) is 5.73 Å². The van der Waals surface area contributed by atoms with Crippen LogP contribution in [0.5, 0.6) is 11.5 Å². The third kappa shape index (κ3) is 10.4.